The Morgan fingerprint density at radius 3 is 3.19 bits per heavy atom. The number of piperazine rings is 1. The van der Waals surface area contributed by atoms with Gasteiger partial charge in [-0.25, -0.2) is 0 Å². The maximum atomic E-state index is 11.7. The number of aromatic nitrogens is 1. The van der Waals surface area contributed by atoms with Crippen molar-refractivity contribution >= 4 is 23.2 Å². The van der Waals surface area contributed by atoms with Crippen LogP contribution in [0.25, 0.3) is 0 Å². The molecule has 2 rings (SSSR count). The van der Waals surface area contributed by atoms with Crippen molar-refractivity contribution in [1.82, 2.24) is 20.9 Å². The molecule has 0 bridgehead atoms. The molecule has 3 N–H and O–H groups in total. The summed E-state index contributed by atoms with van der Waals surface area (Å²) in [5.74, 6) is -0.181. The van der Waals surface area contributed by atoms with Crippen molar-refractivity contribution in [3.8, 4) is 0 Å². The topological polar surface area (TPSA) is 83.1 Å². The third kappa shape index (κ3) is 2.77. The number of rotatable bonds is 3. The van der Waals surface area contributed by atoms with Crippen LogP contribution in [0.3, 0.4) is 0 Å². The van der Waals surface area contributed by atoms with Crippen LogP contribution in [0.2, 0.25) is 0 Å². The smallest absolute Gasteiger partial charge is 0.239 e. The fourth-order valence-electron chi connectivity index (χ4n) is 1.38. The highest BCUT2D eigenvalue weighted by atomic mass is 32.1. The average Bonchev–Trinajstić information content (AvgIpc) is 2.80. The molecule has 2 heterocycles. The molecular weight excluding hydrogens is 228 g/mol. The van der Waals surface area contributed by atoms with Gasteiger partial charge in [-0.05, 0) is 0 Å². The zero-order valence-corrected chi connectivity index (χ0v) is 9.34. The van der Waals surface area contributed by atoms with E-state index in [1.807, 2.05) is 0 Å². The van der Waals surface area contributed by atoms with E-state index in [1.54, 1.807) is 11.7 Å². The van der Waals surface area contributed by atoms with Crippen LogP contribution in [-0.4, -0.2) is 35.9 Å². The standard InChI is InChI=1S/C9H12N4O2S/c14-8-4-11-7(3-12-8)9(15)13-2-6-1-10-5-16-6/h1,5,7,11H,2-4H2,(H,12,14)(H,13,15). The van der Waals surface area contributed by atoms with E-state index >= 15 is 0 Å². The van der Waals surface area contributed by atoms with Crippen molar-refractivity contribution in [2.45, 2.75) is 12.6 Å². The summed E-state index contributed by atoms with van der Waals surface area (Å²) in [6.07, 6.45) is 1.72. The molecule has 0 radical (unpaired) electrons. The summed E-state index contributed by atoms with van der Waals surface area (Å²) in [6.45, 7) is 1.02. The molecule has 0 aliphatic carbocycles. The van der Waals surface area contributed by atoms with Crippen molar-refractivity contribution < 1.29 is 9.59 Å². The predicted molar refractivity (Wildman–Crippen MR) is 58.8 cm³/mol. The lowest BCUT2D eigenvalue weighted by molar-refractivity contribution is -0.126. The normalized spacial score (nSPS) is 20.2. The maximum Gasteiger partial charge on any atom is 0.239 e. The molecule has 1 aliphatic heterocycles. The largest absolute Gasteiger partial charge is 0.353 e. The van der Waals surface area contributed by atoms with Crippen LogP contribution in [0.5, 0.6) is 0 Å². The Kier molecular flexibility index (Phi) is 3.47. The van der Waals surface area contributed by atoms with Gasteiger partial charge in [-0.3, -0.25) is 19.9 Å². The number of carbonyl (C=O) groups is 2. The summed E-state index contributed by atoms with van der Waals surface area (Å²) in [5.41, 5.74) is 1.72. The highest BCUT2D eigenvalue weighted by molar-refractivity contribution is 7.09. The van der Waals surface area contributed by atoms with Crippen LogP contribution in [0, 0.1) is 0 Å². The molecule has 1 aromatic heterocycles. The SMILES string of the molecule is O=C1CNC(C(=O)NCc2cncs2)CN1. The average molecular weight is 240 g/mol. The van der Waals surface area contributed by atoms with E-state index in [4.69, 9.17) is 0 Å². The minimum Gasteiger partial charge on any atom is -0.353 e. The molecule has 7 heteroatoms. The fraction of sp³-hybridized carbons (Fsp3) is 0.444. The molecule has 0 aromatic carbocycles. The number of nitrogens with one attached hydrogen (secondary N) is 3. The van der Waals surface area contributed by atoms with Gasteiger partial charge in [0.15, 0.2) is 0 Å². The Hall–Kier alpha value is -1.47. The highest BCUT2D eigenvalue weighted by Gasteiger charge is 2.23. The molecule has 1 aliphatic rings. The van der Waals surface area contributed by atoms with E-state index in [2.05, 4.69) is 20.9 Å². The summed E-state index contributed by atoms with van der Waals surface area (Å²) >= 11 is 1.50. The lowest BCUT2D eigenvalue weighted by Gasteiger charge is -2.22. The number of nitrogens with zero attached hydrogens (tertiary/aromatic N) is 1. The first kappa shape index (κ1) is 11.0. The highest BCUT2D eigenvalue weighted by Crippen LogP contribution is 2.04. The van der Waals surface area contributed by atoms with E-state index < -0.39 is 0 Å². The predicted octanol–water partition coefficient (Wildman–Crippen LogP) is -1.15. The second kappa shape index (κ2) is 5.04. The Morgan fingerprint density at radius 2 is 2.56 bits per heavy atom. The van der Waals surface area contributed by atoms with Crippen molar-refractivity contribution in [3.63, 3.8) is 0 Å². The van der Waals surface area contributed by atoms with Crippen LogP contribution < -0.4 is 16.0 Å². The number of hydrogen-bond donors (Lipinski definition) is 3. The minimum atomic E-state index is -0.342. The van der Waals surface area contributed by atoms with Crippen LogP contribution in [0.4, 0.5) is 0 Å². The molecule has 1 unspecified atom stereocenters. The molecule has 1 saturated heterocycles. The van der Waals surface area contributed by atoms with E-state index in [-0.39, 0.29) is 24.4 Å². The summed E-state index contributed by atoms with van der Waals surface area (Å²) in [5, 5.41) is 8.28. The zero-order chi connectivity index (χ0) is 11.4. The Balaban J connectivity index is 1.77. The van der Waals surface area contributed by atoms with Crippen LogP contribution in [0.1, 0.15) is 4.88 Å². The van der Waals surface area contributed by atoms with Gasteiger partial charge in [0.05, 0.1) is 18.6 Å². The summed E-state index contributed by atoms with van der Waals surface area (Å²) in [4.78, 5) is 27.4. The minimum absolute atomic E-state index is 0.0773. The number of amides is 2. The van der Waals surface area contributed by atoms with E-state index in [0.29, 0.717) is 13.1 Å². The van der Waals surface area contributed by atoms with Crippen molar-refractivity contribution in [1.29, 1.82) is 0 Å². The Morgan fingerprint density at radius 1 is 1.69 bits per heavy atom. The number of carbonyl (C=O) groups excluding carboxylic acids is 2. The van der Waals surface area contributed by atoms with E-state index in [0.717, 1.165) is 4.88 Å². The number of thiazole rings is 1. The van der Waals surface area contributed by atoms with Crippen molar-refractivity contribution in [3.05, 3.63) is 16.6 Å². The molecule has 1 atom stereocenters. The van der Waals surface area contributed by atoms with Gasteiger partial charge in [-0.1, -0.05) is 0 Å². The van der Waals surface area contributed by atoms with Crippen LogP contribution in [0.15, 0.2) is 11.7 Å². The molecule has 0 saturated carbocycles. The second-order valence-corrected chi connectivity index (χ2v) is 4.39. The van der Waals surface area contributed by atoms with E-state index in [9.17, 15) is 9.59 Å². The summed E-state index contributed by atoms with van der Waals surface area (Å²) in [7, 11) is 0. The molecule has 86 valence electrons. The second-order valence-electron chi connectivity index (χ2n) is 3.42. The Labute approximate surface area is 96.4 Å². The summed E-state index contributed by atoms with van der Waals surface area (Å²) in [6, 6.07) is -0.342. The first-order valence-electron chi connectivity index (χ1n) is 4.91. The van der Waals surface area contributed by atoms with Gasteiger partial charge in [0.2, 0.25) is 11.8 Å². The quantitative estimate of drug-likeness (QED) is 0.623. The van der Waals surface area contributed by atoms with Gasteiger partial charge >= 0.3 is 0 Å². The molecule has 2 amide bonds. The van der Waals surface area contributed by atoms with Gasteiger partial charge in [0.1, 0.15) is 6.04 Å². The van der Waals surface area contributed by atoms with Gasteiger partial charge in [0, 0.05) is 17.6 Å². The molecule has 6 nitrogen and oxygen atoms in total. The van der Waals surface area contributed by atoms with E-state index in [1.165, 1.54) is 11.3 Å². The van der Waals surface area contributed by atoms with Crippen LogP contribution >= 0.6 is 11.3 Å². The van der Waals surface area contributed by atoms with Crippen LogP contribution in [-0.2, 0) is 16.1 Å². The maximum absolute atomic E-state index is 11.7. The molecule has 1 aromatic rings. The Bertz CT molecular complexity index is 369. The summed E-state index contributed by atoms with van der Waals surface area (Å²) < 4.78 is 0. The lowest BCUT2D eigenvalue weighted by atomic mass is 10.2. The third-order valence-electron chi connectivity index (χ3n) is 2.25. The van der Waals surface area contributed by atoms with Gasteiger partial charge in [-0.15, -0.1) is 11.3 Å². The van der Waals surface area contributed by atoms with Gasteiger partial charge in [-0.2, -0.15) is 0 Å². The number of hydrogen-bond acceptors (Lipinski definition) is 5. The third-order valence-corrected chi connectivity index (χ3v) is 3.03. The van der Waals surface area contributed by atoms with Gasteiger partial charge in [0.25, 0.3) is 0 Å². The lowest BCUT2D eigenvalue weighted by Crippen LogP contribution is -2.57. The molecule has 1 fully saturated rings. The molecular formula is C9H12N4O2S. The van der Waals surface area contributed by atoms with Crippen molar-refractivity contribution in [2.24, 2.45) is 0 Å². The monoisotopic (exact) mass is 240 g/mol. The fourth-order valence-corrected chi connectivity index (χ4v) is 1.91. The van der Waals surface area contributed by atoms with Gasteiger partial charge < -0.3 is 10.6 Å². The molecule has 0 spiro atoms. The van der Waals surface area contributed by atoms with Crippen molar-refractivity contribution in [2.75, 3.05) is 13.1 Å². The first-order chi connectivity index (χ1) is 7.75. The first-order valence-corrected chi connectivity index (χ1v) is 5.79. The molecule has 16 heavy (non-hydrogen) atoms. The zero-order valence-electron chi connectivity index (χ0n) is 8.53.